The largest absolute Gasteiger partial charge is 0.455 e. The van der Waals surface area contributed by atoms with Gasteiger partial charge in [0.05, 0.1) is 19.3 Å². The molecule has 0 bridgehead atoms. The van der Waals surface area contributed by atoms with Crippen LogP contribution < -0.4 is 0 Å². The van der Waals surface area contributed by atoms with E-state index < -0.39 is 24.3 Å². The van der Waals surface area contributed by atoms with Gasteiger partial charge in [-0.15, -0.1) is 5.10 Å². The summed E-state index contributed by atoms with van der Waals surface area (Å²) in [6.07, 6.45) is -0.140. The average molecular weight is 245 g/mol. The minimum atomic E-state index is -1.43. The Balaban J connectivity index is 2.65. The Kier molecular flexibility index (Phi) is 4.17. The molecule has 1 N–H and O–H groups in total. The normalized spacial score (nSPS) is 13.5. The van der Waals surface area contributed by atoms with E-state index in [-0.39, 0.29) is 12.2 Å². The van der Waals surface area contributed by atoms with Crippen LogP contribution in [0.2, 0.25) is 0 Å². The molecule has 0 spiro atoms. The topological polar surface area (TPSA) is 77.2 Å². The van der Waals surface area contributed by atoms with Gasteiger partial charge in [0, 0.05) is 0 Å². The monoisotopic (exact) mass is 245 g/mol. The lowest BCUT2D eigenvalue weighted by molar-refractivity contribution is 0.00626. The van der Waals surface area contributed by atoms with Gasteiger partial charge in [0.1, 0.15) is 11.8 Å². The van der Waals surface area contributed by atoms with Crippen LogP contribution in [0.1, 0.15) is 31.3 Å². The standard InChI is InChI=1S/C10H16FN3O3/c1-10(2,3)17-9(16)8-5-14(13-12-8)4-7(11)6-15/h5,7,15H,4,6H2,1-3H3/t7-/m0/s1. The Morgan fingerprint density at radius 2 is 2.29 bits per heavy atom. The zero-order valence-corrected chi connectivity index (χ0v) is 10.1. The number of esters is 1. The maximum absolute atomic E-state index is 12.8. The molecular weight excluding hydrogens is 229 g/mol. The molecule has 1 aromatic rings. The molecule has 1 atom stereocenters. The smallest absolute Gasteiger partial charge is 0.361 e. The van der Waals surface area contributed by atoms with Crippen LogP contribution in [0.5, 0.6) is 0 Å². The second-order valence-electron chi connectivity index (χ2n) is 4.61. The third kappa shape index (κ3) is 4.48. The zero-order chi connectivity index (χ0) is 13.1. The third-order valence-corrected chi connectivity index (χ3v) is 1.73. The van der Waals surface area contributed by atoms with Gasteiger partial charge in [-0.05, 0) is 20.8 Å². The van der Waals surface area contributed by atoms with Gasteiger partial charge in [-0.2, -0.15) is 0 Å². The quantitative estimate of drug-likeness (QED) is 0.784. The highest BCUT2D eigenvalue weighted by molar-refractivity contribution is 5.86. The van der Waals surface area contributed by atoms with E-state index in [0.29, 0.717) is 0 Å². The van der Waals surface area contributed by atoms with E-state index in [1.807, 2.05) is 0 Å². The lowest BCUT2D eigenvalue weighted by Gasteiger charge is -2.18. The molecule has 6 nitrogen and oxygen atoms in total. The third-order valence-electron chi connectivity index (χ3n) is 1.73. The van der Waals surface area contributed by atoms with Crippen LogP contribution in [-0.4, -0.2) is 44.4 Å². The number of carbonyl (C=O) groups excluding carboxylic acids is 1. The van der Waals surface area contributed by atoms with Crippen molar-refractivity contribution < 1.29 is 19.0 Å². The van der Waals surface area contributed by atoms with Gasteiger partial charge in [0.25, 0.3) is 0 Å². The summed E-state index contributed by atoms with van der Waals surface area (Å²) < 4.78 is 19.1. The summed E-state index contributed by atoms with van der Waals surface area (Å²) in [5.74, 6) is -0.608. The molecule has 1 aromatic heterocycles. The molecule has 0 aromatic carbocycles. The number of aliphatic hydroxyl groups excluding tert-OH is 1. The molecule has 0 amide bonds. The van der Waals surface area contributed by atoms with Crippen LogP contribution >= 0.6 is 0 Å². The van der Waals surface area contributed by atoms with Crippen LogP contribution in [-0.2, 0) is 11.3 Å². The number of carbonyl (C=O) groups is 1. The van der Waals surface area contributed by atoms with Crippen molar-refractivity contribution in [3.8, 4) is 0 Å². The lowest BCUT2D eigenvalue weighted by atomic mass is 10.2. The van der Waals surface area contributed by atoms with Gasteiger partial charge in [0.2, 0.25) is 0 Å². The van der Waals surface area contributed by atoms with E-state index in [0.717, 1.165) is 4.68 Å². The summed E-state index contributed by atoms with van der Waals surface area (Å²) in [6, 6.07) is 0. The van der Waals surface area contributed by atoms with Crippen molar-refractivity contribution in [2.45, 2.75) is 39.1 Å². The molecule has 0 aliphatic rings. The maximum atomic E-state index is 12.8. The van der Waals surface area contributed by atoms with E-state index in [1.165, 1.54) is 6.20 Å². The SMILES string of the molecule is CC(C)(C)OC(=O)c1cn(C[C@H](F)CO)nn1. The summed E-state index contributed by atoms with van der Waals surface area (Å²) >= 11 is 0. The van der Waals surface area contributed by atoms with Crippen molar-refractivity contribution in [3.05, 3.63) is 11.9 Å². The number of ether oxygens (including phenoxy) is 1. The second kappa shape index (κ2) is 5.22. The van der Waals surface area contributed by atoms with Crippen LogP contribution in [0.4, 0.5) is 4.39 Å². The second-order valence-corrected chi connectivity index (χ2v) is 4.61. The lowest BCUT2D eigenvalue weighted by Crippen LogP contribution is -2.24. The molecule has 0 saturated heterocycles. The Morgan fingerprint density at radius 3 is 2.82 bits per heavy atom. The summed E-state index contributed by atoms with van der Waals surface area (Å²) in [5, 5.41) is 15.7. The van der Waals surface area contributed by atoms with E-state index in [4.69, 9.17) is 9.84 Å². The molecule has 17 heavy (non-hydrogen) atoms. The number of halogens is 1. The molecule has 0 aliphatic carbocycles. The van der Waals surface area contributed by atoms with Crippen molar-refractivity contribution in [3.63, 3.8) is 0 Å². The van der Waals surface area contributed by atoms with Crippen molar-refractivity contribution in [1.82, 2.24) is 15.0 Å². The number of rotatable bonds is 4. The van der Waals surface area contributed by atoms with Gasteiger partial charge in [-0.3, -0.25) is 0 Å². The van der Waals surface area contributed by atoms with Crippen molar-refractivity contribution >= 4 is 5.97 Å². The first-order valence-corrected chi connectivity index (χ1v) is 5.20. The minimum Gasteiger partial charge on any atom is -0.455 e. The van der Waals surface area contributed by atoms with E-state index in [9.17, 15) is 9.18 Å². The first-order chi connectivity index (χ1) is 7.81. The van der Waals surface area contributed by atoms with Crippen LogP contribution in [0.15, 0.2) is 6.20 Å². The molecule has 7 heteroatoms. The fourth-order valence-electron chi connectivity index (χ4n) is 1.07. The summed E-state index contributed by atoms with van der Waals surface area (Å²) in [5.41, 5.74) is -0.598. The number of aliphatic hydroxyl groups is 1. The molecule has 0 radical (unpaired) electrons. The maximum Gasteiger partial charge on any atom is 0.361 e. The van der Waals surface area contributed by atoms with E-state index in [2.05, 4.69) is 10.3 Å². The molecule has 0 unspecified atom stereocenters. The van der Waals surface area contributed by atoms with Gasteiger partial charge >= 0.3 is 5.97 Å². The molecule has 96 valence electrons. The van der Waals surface area contributed by atoms with Crippen LogP contribution in [0.25, 0.3) is 0 Å². The predicted octanol–water partition coefficient (Wildman–Crippen LogP) is 0.564. The van der Waals surface area contributed by atoms with Crippen molar-refractivity contribution in [2.24, 2.45) is 0 Å². The molecular formula is C10H16FN3O3. The first-order valence-electron chi connectivity index (χ1n) is 5.20. The highest BCUT2D eigenvalue weighted by Gasteiger charge is 2.20. The number of alkyl halides is 1. The van der Waals surface area contributed by atoms with Gasteiger partial charge in [0.15, 0.2) is 5.69 Å². The minimum absolute atomic E-state index is 0.0186. The van der Waals surface area contributed by atoms with E-state index in [1.54, 1.807) is 20.8 Å². The average Bonchev–Trinajstić information content (AvgIpc) is 2.63. The number of aromatic nitrogens is 3. The summed E-state index contributed by atoms with van der Waals surface area (Å²) in [7, 11) is 0. The van der Waals surface area contributed by atoms with Crippen LogP contribution in [0.3, 0.4) is 0 Å². The first kappa shape index (κ1) is 13.6. The fraction of sp³-hybridized carbons (Fsp3) is 0.700. The number of hydrogen-bond acceptors (Lipinski definition) is 5. The highest BCUT2D eigenvalue weighted by Crippen LogP contribution is 2.10. The van der Waals surface area contributed by atoms with Crippen LogP contribution in [0, 0.1) is 0 Å². The van der Waals surface area contributed by atoms with Crippen molar-refractivity contribution in [2.75, 3.05) is 6.61 Å². The number of hydrogen-bond donors (Lipinski definition) is 1. The Bertz CT molecular complexity index is 386. The molecule has 0 aliphatic heterocycles. The Morgan fingerprint density at radius 1 is 1.65 bits per heavy atom. The molecule has 1 heterocycles. The highest BCUT2D eigenvalue weighted by atomic mass is 19.1. The fourth-order valence-corrected chi connectivity index (χ4v) is 1.07. The predicted molar refractivity (Wildman–Crippen MR) is 57.2 cm³/mol. The molecule has 0 saturated carbocycles. The number of nitrogens with zero attached hydrogens (tertiary/aromatic N) is 3. The zero-order valence-electron chi connectivity index (χ0n) is 10.1. The summed E-state index contributed by atoms with van der Waals surface area (Å²) in [6.45, 7) is 4.46. The Hall–Kier alpha value is -1.50. The van der Waals surface area contributed by atoms with Crippen molar-refractivity contribution in [1.29, 1.82) is 0 Å². The Labute approximate surface area is 98.4 Å². The van der Waals surface area contributed by atoms with Gasteiger partial charge < -0.3 is 9.84 Å². The van der Waals surface area contributed by atoms with Gasteiger partial charge in [-0.1, -0.05) is 5.21 Å². The van der Waals surface area contributed by atoms with Gasteiger partial charge in [-0.25, -0.2) is 13.9 Å². The molecule has 1 rings (SSSR count). The van der Waals surface area contributed by atoms with E-state index >= 15 is 0 Å². The molecule has 0 fully saturated rings. The summed E-state index contributed by atoms with van der Waals surface area (Å²) in [4.78, 5) is 11.5.